The molecule has 2 N–H and O–H groups in total. The number of anilines is 1. The largest absolute Gasteiger partial charge is 0.481 e. The number of hydrogen-bond donors (Lipinski definition) is 2. The minimum absolute atomic E-state index is 0.304. The fourth-order valence-corrected chi connectivity index (χ4v) is 3.67. The van der Waals surface area contributed by atoms with Crippen molar-refractivity contribution in [1.29, 1.82) is 0 Å². The Morgan fingerprint density at radius 1 is 1.27 bits per heavy atom. The molecule has 1 aliphatic rings. The fraction of sp³-hybridized carbons (Fsp3) is 0.267. The third-order valence-corrected chi connectivity index (χ3v) is 4.84. The first kappa shape index (κ1) is 15.0. The van der Waals surface area contributed by atoms with Gasteiger partial charge in [0.25, 0.3) is 0 Å². The molecule has 7 heteroatoms. The molecule has 0 saturated heterocycles. The molecule has 1 aromatic carbocycles. The molecule has 0 spiro atoms. The van der Waals surface area contributed by atoms with E-state index in [1.54, 1.807) is 18.2 Å². The molecule has 0 aliphatic heterocycles. The first-order valence-corrected chi connectivity index (χ1v) is 7.99. The highest BCUT2D eigenvalue weighted by Crippen LogP contribution is 2.31. The standard InChI is InChI=1S/C15H13ClN2O3S/c16-8-5-6-11-12(7-8)22-15(17-11)18-13(19)9-3-1-2-4-10(9)14(20)21/h1-2,5-7,9-10H,3-4H2,(H,20,21)(H,17,18,19)/t9-,10+/m0/s1. The summed E-state index contributed by atoms with van der Waals surface area (Å²) in [5.41, 5.74) is 0.753. The highest BCUT2D eigenvalue weighted by atomic mass is 35.5. The van der Waals surface area contributed by atoms with Gasteiger partial charge in [-0.3, -0.25) is 9.59 Å². The SMILES string of the molecule is O=C(Nc1nc2ccc(Cl)cc2s1)[C@H]1CC=CC[C@H]1C(=O)O. The van der Waals surface area contributed by atoms with E-state index >= 15 is 0 Å². The van der Waals surface area contributed by atoms with Crippen LogP contribution in [0.1, 0.15) is 12.8 Å². The molecule has 5 nitrogen and oxygen atoms in total. The molecule has 2 atom stereocenters. The van der Waals surface area contributed by atoms with Crippen LogP contribution in [0.3, 0.4) is 0 Å². The highest BCUT2D eigenvalue weighted by Gasteiger charge is 2.34. The van der Waals surface area contributed by atoms with Gasteiger partial charge in [-0.15, -0.1) is 0 Å². The number of benzene rings is 1. The van der Waals surface area contributed by atoms with Gasteiger partial charge < -0.3 is 10.4 Å². The molecule has 0 unspecified atom stereocenters. The zero-order valence-corrected chi connectivity index (χ0v) is 13.0. The number of carboxylic acid groups (broad SMARTS) is 1. The first-order valence-electron chi connectivity index (χ1n) is 6.79. The lowest BCUT2D eigenvalue weighted by atomic mass is 9.82. The van der Waals surface area contributed by atoms with Crippen molar-refractivity contribution in [3.8, 4) is 0 Å². The van der Waals surface area contributed by atoms with E-state index in [4.69, 9.17) is 11.6 Å². The minimum atomic E-state index is -0.944. The van der Waals surface area contributed by atoms with E-state index in [0.717, 1.165) is 10.2 Å². The molecule has 0 fully saturated rings. The zero-order chi connectivity index (χ0) is 15.7. The molecule has 1 heterocycles. The van der Waals surface area contributed by atoms with Crippen LogP contribution in [0.5, 0.6) is 0 Å². The van der Waals surface area contributed by atoms with Gasteiger partial charge in [0, 0.05) is 5.02 Å². The number of aliphatic carboxylic acids is 1. The molecule has 22 heavy (non-hydrogen) atoms. The highest BCUT2D eigenvalue weighted by molar-refractivity contribution is 7.22. The maximum atomic E-state index is 12.4. The minimum Gasteiger partial charge on any atom is -0.481 e. The predicted molar refractivity (Wildman–Crippen MR) is 86.2 cm³/mol. The number of carbonyl (C=O) groups excluding carboxylic acids is 1. The molecule has 1 amide bonds. The monoisotopic (exact) mass is 336 g/mol. The van der Waals surface area contributed by atoms with Crippen LogP contribution in [0.15, 0.2) is 30.4 Å². The number of rotatable bonds is 3. The van der Waals surface area contributed by atoms with Gasteiger partial charge in [0.1, 0.15) is 0 Å². The Morgan fingerprint density at radius 3 is 2.73 bits per heavy atom. The van der Waals surface area contributed by atoms with Gasteiger partial charge in [-0.25, -0.2) is 4.98 Å². The van der Waals surface area contributed by atoms with E-state index in [1.807, 2.05) is 12.2 Å². The number of amides is 1. The van der Waals surface area contributed by atoms with Crippen LogP contribution in [-0.2, 0) is 9.59 Å². The van der Waals surface area contributed by atoms with E-state index in [-0.39, 0.29) is 5.91 Å². The van der Waals surface area contributed by atoms with E-state index in [0.29, 0.717) is 23.0 Å². The lowest BCUT2D eigenvalue weighted by molar-refractivity contribution is -0.146. The predicted octanol–water partition coefficient (Wildman–Crippen LogP) is 3.56. The van der Waals surface area contributed by atoms with Crippen molar-refractivity contribution in [2.45, 2.75) is 12.8 Å². The van der Waals surface area contributed by atoms with E-state index in [9.17, 15) is 14.7 Å². The average molecular weight is 337 g/mol. The topological polar surface area (TPSA) is 79.3 Å². The molecule has 0 radical (unpaired) electrons. The number of carboxylic acids is 1. The number of halogens is 1. The number of carbonyl (C=O) groups is 2. The van der Waals surface area contributed by atoms with Gasteiger partial charge >= 0.3 is 5.97 Å². The Bertz CT molecular complexity index is 771. The summed E-state index contributed by atoms with van der Waals surface area (Å²) in [6.45, 7) is 0. The number of nitrogens with zero attached hydrogens (tertiary/aromatic N) is 1. The van der Waals surface area contributed by atoms with Gasteiger partial charge in [-0.2, -0.15) is 0 Å². The average Bonchev–Trinajstić information content (AvgIpc) is 2.88. The number of fused-ring (bicyclic) bond motifs is 1. The molecular weight excluding hydrogens is 324 g/mol. The summed E-state index contributed by atoms with van der Waals surface area (Å²) in [5.74, 6) is -2.51. The Balaban J connectivity index is 1.80. The number of allylic oxidation sites excluding steroid dienone is 2. The van der Waals surface area contributed by atoms with Crippen molar-refractivity contribution in [3.05, 3.63) is 35.4 Å². The van der Waals surface area contributed by atoms with E-state index < -0.39 is 17.8 Å². The molecular formula is C15H13ClN2O3S. The van der Waals surface area contributed by atoms with Crippen molar-refractivity contribution in [1.82, 2.24) is 4.98 Å². The summed E-state index contributed by atoms with van der Waals surface area (Å²) in [7, 11) is 0. The van der Waals surface area contributed by atoms with Crippen molar-refractivity contribution in [3.63, 3.8) is 0 Å². The van der Waals surface area contributed by atoms with Crippen molar-refractivity contribution in [2.24, 2.45) is 11.8 Å². The lowest BCUT2D eigenvalue weighted by Gasteiger charge is -2.23. The molecule has 0 saturated carbocycles. The molecule has 1 aromatic heterocycles. The summed E-state index contributed by atoms with van der Waals surface area (Å²) in [6.07, 6.45) is 4.46. The number of hydrogen-bond acceptors (Lipinski definition) is 4. The van der Waals surface area contributed by atoms with Gasteiger partial charge in [-0.05, 0) is 31.0 Å². The molecule has 0 bridgehead atoms. The van der Waals surface area contributed by atoms with Gasteiger partial charge in [0.05, 0.1) is 22.1 Å². The number of aromatic nitrogens is 1. The maximum absolute atomic E-state index is 12.4. The Kier molecular flexibility index (Phi) is 4.13. The van der Waals surface area contributed by atoms with Gasteiger partial charge in [0.2, 0.25) is 5.91 Å². The Morgan fingerprint density at radius 2 is 2.00 bits per heavy atom. The summed E-state index contributed by atoms with van der Waals surface area (Å²) in [5, 5.41) is 13.0. The van der Waals surface area contributed by atoms with E-state index in [2.05, 4.69) is 10.3 Å². The summed E-state index contributed by atoms with van der Waals surface area (Å²) in [4.78, 5) is 27.9. The summed E-state index contributed by atoms with van der Waals surface area (Å²) >= 11 is 7.25. The second kappa shape index (κ2) is 6.06. The normalized spacial score (nSPS) is 21.0. The van der Waals surface area contributed by atoms with Crippen molar-refractivity contribution in [2.75, 3.05) is 5.32 Å². The maximum Gasteiger partial charge on any atom is 0.307 e. The first-order chi connectivity index (χ1) is 10.5. The second-order valence-corrected chi connectivity index (χ2v) is 6.58. The third-order valence-electron chi connectivity index (χ3n) is 3.67. The van der Waals surface area contributed by atoms with Crippen LogP contribution in [0.2, 0.25) is 5.02 Å². The fourth-order valence-electron chi connectivity index (χ4n) is 2.53. The van der Waals surface area contributed by atoms with Crippen LogP contribution < -0.4 is 5.32 Å². The van der Waals surface area contributed by atoms with Gasteiger partial charge in [-0.1, -0.05) is 35.1 Å². The molecule has 114 valence electrons. The third kappa shape index (κ3) is 2.98. The quantitative estimate of drug-likeness (QED) is 0.840. The Hall–Kier alpha value is -1.92. The molecule has 1 aliphatic carbocycles. The Labute approximate surface area is 135 Å². The van der Waals surface area contributed by atoms with E-state index in [1.165, 1.54) is 11.3 Å². The number of nitrogens with one attached hydrogen (secondary N) is 1. The van der Waals surface area contributed by atoms with Gasteiger partial charge in [0.15, 0.2) is 5.13 Å². The summed E-state index contributed by atoms with van der Waals surface area (Å²) in [6, 6.07) is 5.31. The zero-order valence-electron chi connectivity index (χ0n) is 11.5. The molecule has 2 aromatic rings. The van der Waals surface area contributed by atoms with Crippen molar-refractivity contribution >= 4 is 50.2 Å². The van der Waals surface area contributed by atoms with Crippen LogP contribution >= 0.6 is 22.9 Å². The van der Waals surface area contributed by atoms with Crippen LogP contribution in [0, 0.1) is 11.8 Å². The lowest BCUT2D eigenvalue weighted by Crippen LogP contribution is -2.34. The smallest absolute Gasteiger partial charge is 0.307 e. The van der Waals surface area contributed by atoms with Crippen LogP contribution in [0.4, 0.5) is 5.13 Å². The van der Waals surface area contributed by atoms with Crippen LogP contribution in [0.25, 0.3) is 10.2 Å². The second-order valence-electron chi connectivity index (χ2n) is 5.11. The number of thiazole rings is 1. The van der Waals surface area contributed by atoms with Crippen LogP contribution in [-0.4, -0.2) is 22.0 Å². The summed E-state index contributed by atoms with van der Waals surface area (Å²) < 4.78 is 0.876. The molecule has 3 rings (SSSR count). The van der Waals surface area contributed by atoms with Crippen molar-refractivity contribution < 1.29 is 14.7 Å².